The maximum absolute atomic E-state index is 12.9. The number of sulfonamides is 1. The van der Waals surface area contributed by atoms with Gasteiger partial charge in [-0.25, -0.2) is 8.42 Å². The van der Waals surface area contributed by atoms with E-state index in [0.29, 0.717) is 5.69 Å². The van der Waals surface area contributed by atoms with E-state index >= 15 is 0 Å². The molecule has 5 nitrogen and oxygen atoms in total. The number of hydrogen-bond acceptors (Lipinski definition) is 4. The molecule has 0 unspecified atom stereocenters. The van der Waals surface area contributed by atoms with Gasteiger partial charge in [-0.3, -0.25) is 9.71 Å². The molecule has 1 aliphatic heterocycles. The highest BCUT2D eigenvalue weighted by molar-refractivity contribution is 7.92. The van der Waals surface area contributed by atoms with Gasteiger partial charge in [0.1, 0.15) is 0 Å². The Labute approximate surface area is 246 Å². The molecule has 0 aliphatic carbocycles. The summed E-state index contributed by atoms with van der Waals surface area (Å²) in [5.41, 5.74) is 3.17. The van der Waals surface area contributed by atoms with Gasteiger partial charge in [0.2, 0.25) is 0 Å². The molecule has 41 heavy (non-hydrogen) atoms. The van der Waals surface area contributed by atoms with Gasteiger partial charge in [0.05, 0.1) is 4.90 Å². The Bertz CT molecular complexity index is 1460. The van der Waals surface area contributed by atoms with Gasteiger partial charge in [-0.05, 0) is 84.3 Å². The maximum Gasteiger partial charge on any atom is 0.261 e. The average Bonchev–Trinajstić information content (AvgIpc) is 3.01. The summed E-state index contributed by atoms with van der Waals surface area (Å²) in [7, 11) is -3.62. The summed E-state index contributed by atoms with van der Waals surface area (Å²) in [6.45, 7) is 2.36. The Morgan fingerprint density at radius 1 is 0.732 bits per heavy atom. The zero-order chi connectivity index (χ0) is 28.3. The highest BCUT2D eigenvalue weighted by Gasteiger charge is 2.19. The Kier molecular flexibility index (Phi) is 10.3. The fourth-order valence-corrected chi connectivity index (χ4v) is 7.06. The number of anilines is 2. The highest BCUT2D eigenvalue weighted by Crippen LogP contribution is 2.27. The van der Waals surface area contributed by atoms with Gasteiger partial charge in [0, 0.05) is 36.9 Å². The van der Waals surface area contributed by atoms with Crippen LogP contribution in [0.4, 0.5) is 11.4 Å². The Balaban J connectivity index is 0.922. The molecule has 3 aromatic carbocycles. The third kappa shape index (κ3) is 8.56. The molecule has 1 saturated heterocycles. The monoisotopic (exact) mass is 569 g/mol. The molecule has 0 spiro atoms. The molecule has 1 N–H and O–H groups in total. The van der Waals surface area contributed by atoms with E-state index in [1.54, 1.807) is 12.1 Å². The summed E-state index contributed by atoms with van der Waals surface area (Å²) in [5.74, 6) is 0.897. The smallest absolute Gasteiger partial charge is 0.261 e. The number of nitrogens with one attached hydrogen (secondary N) is 1. The van der Waals surface area contributed by atoms with Crippen LogP contribution in [-0.4, -0.2) is 26.5 Å². The highest BCUT2D eigenvalue weighted by atomic mass is 32.2. The second-order valence-electron chi connectivity index (χ2n) is 11.5. The van der Waals surface area contributed by atoms with E-state index in [-0.39, 0.29) is 4.90 Å². The summed E-state index contributed by atoms with van der Waals surface area (Å²) in [6, 6.07) is 25.1. The van der Waals surface area contributed by atoms with E-state index in [0.717, 1.165) is 23.1 Å². The van der Waals surface area contributed by atoms with Gasteiger partial charge in [-0.1, -0.05) is 87.4 Å². The van der Waals surface area contributed by atoms with Crippen molar-refractivity contribution in [2.24, 2.45) is 5.92 Å². The van der Waals surface area contributed by atoms with Crippen LogP contribution in [-0.2, 0) is 16.4 Å². The first-order chi connectivity index (χ1) is 20.1. The van der Waals surface area contributed by atoms with Crippen LogP contribution < -0.4 is 9.62 Å². The minimum atomic E-state index is -3.62. The number of aromatic nitrogens is 1. The van der Waals surface area contributed by atoms with Gasteiger partial charge < -0.3 is 4.90 Å². The summed E-state index contributed by atoms with van der Waals surface area (Å²) in [4.78, 5) is 6.91. The predicted molar refractivity (Wildman–Crippen MR) is 171 cm³/mol. The SMILES string of the molecule is O=S(=O)(Nc1ccc(CCCCCCCCCC2CCN(c3ccncc3)CC2)cc1)c1ccc2ccccc2c1. The van der Waals surface area contributed by atoms with Crippen LogP contribution in [0.2, 0.25) is 0 Å². The van der Waals surface area contributed by atoms with Crippen molar-refractivity contribution in [2.45, 2.75) is 75.5 Å². The molecule has 2 heterocycles. The third-order valence-electron chi connectivity index (χ3n) is 8.46. The van der Waals surface area contributed by atoms with Crippen molar-refractivity contribution in [3.8, 4) is 0 Å². The molecule has 5 rings (SSSR count). The zero-order valence-corrected chi connectivity index (χ0v) is 24.9. The number of benzene rings is 3. The molecule has 4 aromatic rings. The maximum atomic E-state index is 12.9. The zero-order valence-electron chi connectivity index (χ0n) is 24.0. The van der Waals surface area contributed by atoms with E-state index in [4.69, 9.17) is 0 Å². The van der Waals surface area contributed by atoms with Crippen LogP contribution in [0, 0.1) is 5.92 Å². The van der Waals surface area contributed by atoms with E-state index in [9.17, 15) is 8.42 Å². The van der Waals surface area contributed by atoms with E-state index in [1.807, 2.05) is 67.0 Å². The Hall–Kier alpha value is -3.38. The molecule has 1 aromatic heterocycles. The van der Waals surface area contributed by atoms with Crippen LogP contribution in [0.1, 0.15) is 69.8 Å². The van der Waals surface area contributed by atoms with Gasteiger partial charge >= 0.3 is 0 Å². The largest absolute Gasteiger partial charge is 0.371 e. The van der Waals surface area contributed by atoms with Crippen molar-refractivity contribution in [2.75, 3.05) is 22.7 Å². The average molecular weight is 570 g/mol. The summed E-state index contributed by atoms with van der Waals surface area (Å²) < 4.78 is 28.5. The molecule has 0 atom stereocenters. The van der Waals surface area contributed by atoms with Crippen molar-refractivity contribution >= 4 is 32.2 Å². The lowest BCUT2D eigenvalue weighted by Gasteiger charge is -2.33. The van der Waals surface area contributed by atoms with Crippen molar-refractivity contribution < 1.29 is 8.42 Å². The predicted octanol–water partition coefficient (Wildman–Crippen LogP) is 8.62. The third-order valence-corrected chi connectivity index (χ3v) is 9.84. The number of pyridine rings is 1. The number of rotatable bonds is 14. The fourth-order valence-electron chi connectivity index (χ4n) is 5.97. The molecule has 0 saturated carbocycles. The van der Waals surface area contributed by atoms with Crippen LogP contribution in [0.25, 0.3) is 10.8 Å². The second-order valence-corrected chi connectivity index (χ2v) is 13.1. The molecule has 216 valence electrons. The quantitative estimate of drug-likeness (QED) is 0.154. The summed E-state index contributed by atoms with van der Waals surface area (Å²) in [6.07, 6.45) is 18.0. The Morgan fingerprint density at radius 3 is 2.12 bits per heavy atom. The first kappa shape index (κ1) is 29.1. The van der Waals surface area contributed by atoms with Gasteiger partial charge in [-0.15, -0.1) is 0 Å². The first-order valence-electron chi connectivity index (χ1n) is 15.3. The van der Waals surface area contributed by atoms with Crippen molar-refractivity contribution in [3.05, 3.63) is 96.8 Å². The molecule has 0 bridgehead atoms. The van der Waals surface area contributed by atoms with Crippen LogP contribution >= 0.6 is 0 Å². The number of fused-ring (bicyclic) bond motifs is 1. The van der Waals surface area contributed by atoms with Gasteiger partial charge in [0.25, 0.3) is 10.0 Å². The lowest BCUT2D eigenvalue weighted by atomic mass is 9.91. The minimum absolute atomic E-state index is 0.280. The van der Waals surface area contributed by atoms with Crippen LogP contribution in [0.15, 0.2) is 96.2 Å². The standard InChI is InChI=1S/C35H43N3O2S/c39-41(40,35-19-16-31-12-8-9-13-32(31)28-35)37-33-17-14-29(15-18-33)10-6-4-2-1-3-5-7-11-30-22-26-38(27-23-30)34-20-24-36-25-21-34/h8-9,12-21,24-25,28,30,37H,1-7,10-11,22-23,26-27H2. The fraction of sp³-hybridized carbons (Fsp3) is 0.400. The molecular formula is C35H43N3O2S. The molecule has 0 amide bonds. The van der Waals surface area contributed by atoms with Crippen molar-refractivity contribution in [1.82, 2.24) is 4.98 Å². The topological polar surface area (TPSA) is 62.3 Å². The number of nitrogens with zero attached hydrogens (tertiary/aromatic N) is 2. The minimum Gasteiger partial charge on any atom is -0.371 e. The van der Waals surface area contributed by atoms with E-state index in [1.165, 1.54) is 88.5 Å². The molecular weight excluding hydrogens is 526 g/mol. The molecule has 1 aliphatic rings. The number of aryl methyl sites for hydroxylation is 1. The van der Waals surface area contributed by atoms with Crippen LogP contribution in [0.3, 0.4) is 0 Å². The Morgan fingerprint density at radius 2 is 1.39 bits per heavy atom. The van der Waals surface area contributed by atoms with Crippen LogP contribution in [0.5, 0.6) is 0 Å². The molecule has 1 fully saturated rings. The number of piperidine rings is 1. The lowest BCUT2D eigenvalue weighted by Crippen LogP contribution is -2.33. The van der Waals surface area contributed by atoms with E-state index in [2.05, 4.69) is 26.7 Å². The molecule has 0 radical (unpaired) electrons. The lowest BCUT2D eigenvalue weighted by molar-refractivity contribution is 0.366. The molecule has 6 heteroatoms. The van der Waals surface area contributed by atoms with E-state index < -0.39 is 10.0 Å². The van der Waals surface area contributed by atoms with Crippen molar-refractivity contribution in [1.29, 1.82) is 0 Å². The first-order valence-corrected chi connectivity index (χ1v) is 16.8. The summed E-state index contributed by atoms with van der Waals surface area (Å²) in [5, 5.41) is 1.94. The number of unbranched alkanes of at least 4 members (excludes halogenated alkanes) is 6. The van der Waals surface area contributed by atoms with Crippen molar-refractivity contribution in [3.63, 3.8) is 0 Å². The number of hydrogen-bond donors (Lipinski definition) is 1. The summed E-state index contributed by atoms with van der Waals surface area (Å²) >= 11 is 0. The second kappa shape index (κ2) is 14.5. The van der Waals surface area contributed by atoms with Gasteiger partial charge in [-0.2, -0.15) is 0 Å². The normalized spacial score (nSPS) is 14.4. The van der Waals surface area contributed by atoms with Gasteiger partial charge in [0.15, 0.2) is 0 Å².